The predicted octanol–water partition coefficient (Wildman–Crippen LogP) is 4.16. The number of ether oxygens (including phenoxy) is 1. The Morgan fingerprint density at radius 3 is 2.60 bits per heavy atom. The smallest absolute Gasteiger partial charge is 0.329 e. The molecule has 0 spiro atoms. The highest BCUT2D eigenvalue weighted by molar-refractivity contribution is 6.08. The number of hydrogen-bond acceptors (Lipinski definition) is 9. The number of anilines is 2. The van der Waals surface area contributed by atoms with Gasteiger partial charge in [0.25, 0.3) is 12.3 Å². The minimum Gasteiger partial charge on any atom is -0.378 e. The molecule has 1 saturated carbocycles. The second-order valence-corrected chi connectivity index (χ2v) is 14.1. The van der Waals surface area contributed by atoms with E-state index in [0.717, 1.165) is 62.8 Å². The number of alkyl halides is 2. The van der Waals surface area contributed by atoms with Crippen molar-refractivity contribution in [2.24, 2.45) is 13.0 Å². The number of aromatic nitrogens is 7. The summed E-state index contributed by atoms with van der Waals surface area (Å²) < 4.78 is 40.5. The Bertz CT molecular complexity index is 2240. The van der Waals surface area contributed by atoms with Crippen molar-refractivity contribution in [2.45, 2.75) is 76.0 Å². The molecule has 2 aliphatic heterocycles. The van der Waals surface area contributed by atoms with Crippen LogP contribution >= 0.6 is 0 Å². The first-order valence-corrected chi connectivity index (χ1v) is 18.0. The molecule has 6 heterocycles. The van der Waals surface area contributed by atoms with Crippen molar-refractivity contribution in [3.8, 4) is 0 Å². The highest BCUT2D eigenvalue weighted by atomic mass is 19.3. The molecule has 4 aromatic heterocycles. The van der Waals surface area contributed by atoms with Crippen LogP contribution in [0.4, 0.5) is 20.2 Å². The number of aryl methyl sites for hydroxylation is 1. The zero-order chi connectivity index (χ0) is 36.8. The molecule has 0 radical (unpaired) electrons. The molecule has 8 rings (SSSR count). The normalized spacial score (nSPS) is 21.5. The summed E-state index contributed by atoms with van der Waals surface area (Å²) >= 11 is 0. The lowest BCUT2D eigenvalue weighted by Crippen LogP contribution is -2.44. The van der Waals surface area contributed by atoms with E-state index in [-0.39, 0.29) is 47.8 Å². The third-order valence-corrected chi connectivity index (χ3v) is 10.9. The number of amides is 3. The number of nitrogens with zero attached hydrogens (tertiary/aromatic N) is 8. The predicted molar refractivity (Wildman–Crippen MR) is 189 cm³/mol. The van der Waals surface area contributed by atoms with Crippen LogP contribution in [0, 0.1) is 5.92 Å². The molecular weight excluding hydrogens is 690 g/mol. The maximum absolute atomic E-state index is 14.0. The van der Waals surface area contributed by atoms with E-state index in [9.17, 15) is 28.0 Å². The highest BCUT2D eigenvalue weighted by Gasteiger charge is 2.33. The lowest BCUT2D eigenvalue weighted by molar-refractivity contribution is -0.135. The van der Waals surface area contributed by atoms with Gasteiger partial charge in [0.1, 0.15) is 11.6 Å². The number of fused-ring (bicyclic) bond motifs is 2. The van der Waals surface area contributed by atoms with Crippen LogP contribution < -0.4 is 21.2 Å². The summed E-state index contributed by atoms with van der Waals surface area (Å²) in [7, 11) is 1.71. The van der Waals surface area contributed by atoms with Crippen molar-refractivity contribution < 1.29 is 27.9 Å². The number of carbonyl (C=O) groups excluding carboxylic acids is 3. The number of nitrogens with one attached hydrogen (secondary N) is 2. The van der Waals surface area contributed by atoms with Crippen molar-refractivity contribution in [1.82, 2.24) is 38.8 Å². The van der Waals surface area contributed by atoms with E-state index in [1.807, 2.05) is 18.2 Å². The van der Waals surface area contributed by atoms with Gasteiger partial charge in [0, 0.05) is 51.8 Å². The molecule has 1 unspecified atom stereocenters. The zero-order valence-electron chi connectivity index (χ0n) is 29.2. The molecule has 17 heteroatoms. The quantitative estimate of drug-likeness (QED) is 0.212. The summed E-state index contributed by atoms with van der Waals surface area (Å²) in [5, 5.41) is 13.3. The average Bonchev–Trinajstić information content (AvgIpc) is 3.86. The molecule has 15 nitrogen and oxygen atoms in total. The summed E-state index contributed by atoms with van der Waals surface area (Å²) in [5.41, 5.74) is 2.07. The highest BCUT2D eigenvalue weighted by Crippen LogP contribution is 2.36. The first-order valence-electron chi connectivity index (χ1n) is 18.0. The number of hydrogen-bond donors (Lipinski definition) is 2. The minimum atomic E-state index is -2.86. The molecule has 2 saturated heterocycles. The van der Waals surface area contributed by atoms with E-state index in [2.05, 4.69) is 30.7 Å². The molecule has 3 fully saturated rings. The van der Waals surface area contributed by atoms with E-state index < -0.39 is 30.0 Å². The summed E-state index contributed by atoms with van der Waals surface area (Å²) in [4.78, 5) is 57.2. The first kappa shape index (κ1) is 34.6. The van der Waals surface area contributed by atoms with Crippen molar-refractivity contribution in [2.75, 3.05) is 29.9 Å². The lowest BCUT2D eigenvalue weighted by atomic mass is 9.86. The number of carbonyl (C=O) groups is 3. The van der Waals surface area contributed by atoms with Gasteiger partial charge in [-0.1, -0.05) is 6.07 Å². The van der Waals surface area contributed by atoms with Crippen LogP contribution in [0.2, 0.25) is 0 Å². The average molecular weight is 731 g/mol. The van der Waals surface area contributed by atoms with E-state index in [1.54, 1.807) is 28.6 Å². The third-order valence-electron chi connectivity index (χ3n) is 10.9. The second kappa shape index (κ2) is 14.2. The van der Waals surface area contributed by atoms with Crippen molar-refractivity contribution in [3.05, 3.63) is 70.8 Å². The molecule has 3 amide bonds. The molecule has 1 aromatic carbocycles. The van der Waals surface area contributed by atoms with Crippen LogP contribution in [0.25, 0.3) is 16.7 Å². The Labute approximate surface area is 301 Å². The van der Waals surface area contributed by atoms with Gasteiger partial charge in [-0.25, -0.2) is 23.1 Å². The number of imidazole rings is 1. The Kier molecular flexibility index (Phi) is 9.26. The van der Waals surface area contributed by atoms with Gasteiger partial charge in [-0.15, -0.1) is 0 Å². The first-order chi connectivity index (χ1) is 25.7. The molecule has 5 aromatic rings. The Morgan fingerprint density at radius 2 is 1.85 bits per heavy atom. The number of imide groups is 1. The Balaban J connectivity index is 0.850. The minimum absolute atomic E-state index is 0.0255. The molecule has 278 valence electrons. The van der Waals surface area contributed by atoms with Crippen LogP contribution in [-0.4, -0.2) is 77.0 Å². The van der Waals surface area contributed by atoms with Gasteiger partial charge in [-0.2, -0.15) is 10.2 Å². The van der Waals surface area contributed by atoms with E-state index in [1.165, 1.54) is 27.7 Å². The molecule has 3 aliphatic rings. The van der Waals surface area contributed by atoms with Gasteiger partial charge in [0.05, 0.1) is 40.8 Å². The monoisotopic (exact) mass is 730 g/mol. The second-order valence-electron chi connectivity index (χ2n) is 14.1. The molecule has 1 atom stereocenters. The number of para-hydroxylation sites is 1. The van der Waals surface area contributed by atoms with Crippen LogP contribution in [-0.2, 0) is 21.4 Å². The van der Waals surface area contributed by atoms with Gasteiger partial charge in [-0.3, -0.25) is 33.5 Å². The van der Waals surface area contributed by atoms with Gasteiger partial charge >= 0.3 is 5.69 Å². The van der Waals surface area contributed by atoms with Crippen LogP contribution in [0.1, 0.15) is 85.9 Å². The van der Waals surface area contributed by atoms with Crippen molar-refractivity contribution >= 4 is 45.8 Å². The fraction of sp³-hybridized carbons (Fsp3) is 0.472. The Morgan fingerprint density at radius 1 is 1.06 bits per heavy atom. The van der Waals surface area contributed by atoms with Crippen LogP contribution in [0.15, 0.2) is 53.8 Å². The van der Waals surface area contributed by atoms with E-state index in [0.29, 0.717) is 23.7 Å². The van der Waals surface area contributed by atoms with Crippen molar-refractivity contribution in [1.29, 1.82) is 0 Å². The number of rotatable bonds is 9. The maximum Gasteiger partial charge on any atom is 0.329 e. The maximum atomic E-state index is 14.0. The number of benzene rings is 1. The topological polar surface area (TPSA) is 163 Å². The van der Waals surface area contributed by atoms with E-state index in [4.69, 9.17) is 4.74 Å². The fourth-order valence-corrected chi connectivity index (χ4v) is 8.04. The van der Waals surface area contributed by atoms with Gasteiger partial charge in [0.2, 0.25) is 11.8 Å². The molecule has 0 bridgehead atoms. The third kappa shape index (κ3) is 6.57. The largest absolute Gasteiger partial charge is 0.378 e. The van der Waals surface area contributed by atoms with Crippen molar-refractivity contribution in [3.63, 3.8) is 0 Å². The van der Waals surface area contributed by atoms with E-state index >= 15 is 0 Å². The lowest BCUT2D eigenvalue weighted by Gasteiger charge is -2.35. The summed E-state index contributed by atoms with van der Waals surface area (Å²) in [6, 6.07) is 6.61. The number of halogens is 2. The molecule has 1 aliphatic carbocycles. The molecule has 53 heavy (non-hydrogen) atoms. The number of piperidine rings is 2. The fourth-order valence-electron chi connectivity index (χ4n) is 8.04. The van der Waals surface area contributed by atoms with Crippen LogP contribution in [0.3, 0.4) is 0 Å². The SMILES string of the molecule is Cn1c(=O)n(C2CCC(=O)NC2=O)c2cccc(N3CCC(OC[C@H]4CC[C@H](n5cc(NC(=O)c6cnn7cccnc67)c(C(F)F)n5)CC4)CC3)c21. The van der Waals surface area contributed by atoms with Gasteiger partial charge in [-0.05, 0) is 69.1 Å². The standard InChI is InChI=1S/C36H40F2N10O5/c1-44-31-26(4-2-5-27(31)48(36(44)52)28-10-11-29(49)42-35(28)51)45-16-12-23(13-17-45)53-20-21-6-8-22(9-7-21)47-19-25(30(43-47)32(37)38)41-34(50)24-18-40-46-15-3-14-39-33(24)46/h2-5,14-15,18-19,21-23,28,32H,6-13,16-17,20H2,1H3,(H,41,50)(H,42,49,51)/t21-,22-,28?. The summed E-state index contributed by atoms with van der Waals surface area (Å²) in [6.45, 7) is 2.10. The summed E-state index contributed by atoms with van der Waals surface area (Å²) in [5.74, 6) is -1.02. The van der Waals surface area contributed by atoms with Gasteiger partial charge in [0.15, 0.2) is 11.3 Å². The van der Waals surface area contributed by atoms with Crippen LogP contribution in [0.5, 0.6) is 0 Å². The van der Waals surface area contributed by atoms with Gasteiger partial charge < -0.3 is 15.0 Å². The Hall–Kier alpha value is -5.45. The zero-order valence-corrected chi connectivity index (χ0v) is 29.2. The molecule has 2 N–H and O–H groups in total. The summed E-state index contributed by atoms with van der Waals surface area (Å²) in [6.07, 6.45) is 8.60. The molecular formula is C36H40F2N10O5.